The predicted molar refractivity (Wildman–Crippen MR) is 57.9 cm³/mol. The van der Waals surface area contributed by atoms with E-state index in [1.165, 1.54) is 5.56 Å². The summed E-state index contributed by atoms with van der Waals surface area (Å²) in [6, 6.07) is 6.01. The highest BCUT2D eigenvalue weighted by Gasteiger charge is 2.05. The summed E-state index contributed by atoms with van der Waals surface area (Å²) in [6.45, 7) is 3.73. The second-order valence-electron chi connectivity index (χ2n) is 3.11. The normalized spacial score (nSPS) is 10.1. The van der Waals surface area contributed by atoms with E-state index in [0.29, 0.717) is 6.42 Å². The Balaban J connectivity index is 3.05. The van der Waals surface area contributed by atoms with Crippen LogP contribution in [0.4, 0.5) is 0 Å². The number of hydrogen-bond donors (Lipinski definition) is 0. The fraction of sp³-hybridized carbons (Fsp3) is 0.364. The van der Waals surface area contributed by atoms with E-state index in [-0.39, 0.29) is 5.78 Å². The van der Waals surface area contributed by atoms with Gasteiger partial charge in [0.2, 0.25) is 0 Å². The molecule has 0 fully saturated rings. The Kier molecular flexibility index (Phi) is 3.67. The first-order chi connectivity index (χ1) is 6.15. The van der Waals surface area contributed by atoms with Gasteiger partial charge in [-0.25, -0.2) is 0 Å². The van der Waals surface area contributed by atoms with E-state index in [4.69, 9.17) is 0 Å². The van der Waals surface area contributed by atoms with Crippen molar-refractivity contribution in [3.63, 3.8) is 0 Å². The molecular weight excluding hydrogens is 228 g/mol. The highest BCUT2D eigenvalue weighted by atomic mass is 79.9. The lowest BCUT2D eigenvalue weighted by Crippen LogP contribution is -2.00. The second-order valence-corrected chi connectivity index (χ2v) is 3.96. The van der Waals surface area contributed by atoms with Crippen LogP contribution in [0.3, 0.4) is 0 Å². The van der Waals surface area contributed by atoms with Crippen molar-refractivity contribution in [3.05, 3.63) is 33.8 Å². The predicted octanol–water partition coefficient (Wildman–Crippen LogP) is 3.14. The molecule has 0 bridgehead atoms. The molecule has 1 aromatic rings. The molecule has 1 nitrogen and oxygen atoms in total. The van der Waals surface area contributed by atoms with Gasteiger partial charge >= 0.3 is 0 Å². The van der Waals surface area contributed by atoms with Crippen molar-refractivity contribution in [1.29, 1.82) is 0 Å². The molecule has 0 radical (unpaired) electrons. The van der Waals surface area contributed by atoms with Gasteiger partial charge in [-0.15, -0.1) is 0 Å². The fourth-order valence-electron chi connectivity index (χ4n) is 1.43. The summed E-state index contributed by atoms with van der Waals surface area (Å²) in [6.07, 6.45) is 1.51. The number of rotatable bonds is 3. The molecule has 0 heterocycles. The molecule has 0 saturated heterocycles. The van der Waals surface area contributed by atoms with Crippen LogP contribution in [0.2, 0.25) is 0 Å². The van der Waals surface area contributed by atoms with E-state index in [1.54, 1.807) is 6.92 Å². The maximum Gasteiger partial charge on any atom is 0.134 e. The minimum absolute atomic E-state index is 0.216. The van der Waals surface area contributed by atoms with Gasteiger partial charge in [0, 0.05) is 10.9 Å². The summed E-state index contributed by atoms with van der Waals surface area (Å²) in [7, 11) is 0. The summed E-state index contributed by atoms with van der Waals surface area (Å²) in [4.78, 5) is 11.0. The van der Waals surface area contributed by atoms with Crippen molar-refractivity contribution in [2.45, 2.75) is 26.7 Å². The van der Waals surface area contributed by atoms with Gasteiger partial charge < -0.3 is 0 Å². The van der Waals surface area contributed by atoms with Gasteiger partial charge in [-0.2, -0.15) is 0 Å². The molecule has 0 aliphatic rings. The van der Waals surface area contributed by atoms with Crippen LogP contribution < -0.4 is 0 Å². The third kappa shape index (κ3) is 2.66. The Hall–Kier alpha value is -0.630. The van der Waals surface area contributed by atoms with Crippen LogP contribution >= 0.6 is 15.9 Å². The van der Waals surface area contributed by atoms with Gasteiger partial charge in [0.1, 0.15) is 5.78 Å². The standard InChI is InChI=1S/C11H13BrO/c1-3-10-9(7-8(2)13)5-4-6-11(10)12/h4-6H,3,7H2,1-2H3. The molecule has 1 aromatic carbocycles. The maximum atomic E-state index is 11.0. The molecule has 0 atom stereocenters. The lowest BCUT2D eigenvalue weighted by molar-refractivity contribution is -0.116. The van der Waals surface area contributed by atoms with Crippen molar-refractivity contribution in [2.75, 3.05) is 0 Å². The minimum atomic E-state index is 0.216. The van der Waals surface area contributed by atoms with Crippen molar-refractivity contribution in [2.24, 2.45) is 0 Å². The summed E-state index contributed by atoms with van der Waals surface area (Å²) >= 11 is 3.49. The third-order valence-corrected chi connectivity index (χ3v) is 2.75. The van der Waals surface area contributed by atoms with Crippen molar-refractivity contribution >= 4 is 21.7 Å². The number of Topliss-reactive ketones (excluding diaryl/α,β-unsaturated/α-hetero) is 1. The number of hydrogen-bond acceptors (Lipinski definition) is 1. The Labute approximate surface area is 87.3 Å². The zero-order valence-electron chi connectivity index (χ0n) is 7.93. The van der Waals surface area contributed by atoms with Gasteiger partial charge in [0.25, 0.3) is 0 Å². The first-order valence-electron chi connectivity index (χ1n) is 4.40. The summed E-state index contributed by atoms with van der Waals surface area (Å²) < 4.78 is 1.11. The van der Waals surface area contributed by atoms with Gasteiger partial charge in [-0.1, -0.05) is 35.0 Å². The molecule has 0 amide bonds. The maximum absolute atomic E-state index is 11.0. The number of carbonyl (C=O) groups is 1. The van der Waals surface area contributed by atoms with E-state index < -0.39 is 0 Å². The van der Waals surface area contributed by atoms with Crippen molar-refractivity contribution < 1.29 is 4.79 Å². The van der Waals surface area contributed by atoms with Crippen molar-refractivity contribution in [3.8, 4) is 0 Å². The topological polar surface area (TPSA) is 17.1 Å². The number of carbonyl (C=O) groups excluding carboxylic acids is 1. The molecule has 0 spiro atoms. The molecule has 2 heteroatoms. The fourth-order valence-corrected chi connectivity index (χ4v) is 2.12. The van der Waals surface area contributed by atoms with Crippen molar-refractivity contribution in [1.82, 2.24) is 0 Å². The molecule has 0 unspecified atom stereocenters. The lowest BCUT2D eigenvalue weighted by atomic mass is 10.0. The summed E-state index contributed by atoms with van der Waals surface area (Å²) in [5, 5.41) is 0. The highest BCUT2D eigenvalue weighted by Crippen LogP contribution is 2.21. The average molecular weight is 241 g/mol. The summed E-state index contributed by atoms with van der Waals surface area (Å²) in [5.41, 5.74) is 2.39. The molecule has 0 aliphatic carbocycles. The van der Waals surface area contributed by atoms with Crippen LogP contribution in [-0.4, -0.2) is 5.78 Å². The Morgan fingerprint density at radius 1 is 1.46 bits per heavy atom. The minimum Gasteiger partial charge on any atom is -0.300 e. The monoisotopic (exact) mass is 240 g/mol. The van der Waals surface area contributed by atoms with E-state index in [1.807, 2.05) is 18.2 Å². The largest absolute Gasteiger partial charge is 0.300 e. The lowest BCUT2D eigenvalue weighted by Gasteiger charge is -2.07. The molecule has 0 aromatic heterocycles. The molecule has 13 heavy (non-hydrogen) atoms. The molecule has 1 rings (SSSR count). The van der Waals surface area contributed by atoms with E-state index >= 15 is 0 Å². The number of halogens is 1. The molecule has 0 saturated carbocycles. The van der Waals surface area contributed by atoms with Gasteiger partial charge in [0.05, 0.1) is 0 Å². The SMILES string of the molecule is CCc1c(Br)cccc1CC(C)=O. The summed E-state index contributed by atoms with van der Waals surface area (Å²) in [5.74, 6) is 0.216. The van der Waals surface area contributed by atoms with Crippen LogP contribution in [0, 0.1) is 0 Å². The second kappa shape index (κ2) is 4.56. The Bertz CT molecular complexity index is 318. The zero-order valence-corrected chi connectivity index (χ0v) is 9.52. The first-order valence-corrected chi connectivity index (χ1v) is 5.20. The molecule has 0 N–H and O–H groups in total. The van der Waals surface area contributed by atoms with Crippen LogP contribution in [0.15, 0.2) is 22.7 Å². The van der Waals surface area contributed by atoms with Crippen LogP contribution in [-0.2, 0) is 17.6 Å². The van der Waals surface area contributed by atoms with E-state index in [2.05, 4.69) is 22.9 Å². The number of benzene rings is 1. The Morgan fingerprint density at radius 2 is 2.15 bits per heavy atom. The smallest absolute Gasteiger partial charge is 0.134 e. The van der Waals surface area contributed by atoms with E-state index in [0.717, 1.165) is 16.5 Å². The zero-order chi connectivity index (χ0) is 9.84. The van der Waals surface area contributed by atoms with Gasteiger partial charge in [-0.05, 0) is 30.5 Å². The highest BCUT2D eigenvalue weighted by molar-refractivity contribution is 9.10. The Morgan fingerprint density at radius 3 is 2.69 bits per heavy atom. The van der Waals surface area contributed by atoms with Crippen LogP contribution in [0.5, 0.6) is 0 Å². The molecular formula is C11H13BrO. The molecule has 0 aliphatic heterocycles. The number of ketones is 1. The van der Waals surface area contributed by atoms with Gasteiger partial charge in [-0.3, -0.25) is 4.79 Å². The average Bonchev–Trinajstić information content (AvgIpc) is 2.03. The van der Waals surface area contributed by atoms with Crippen LogP contribution in [0.25, 0.3) is 0 Å². The first kappa shape index (κ1) is 10.5. The quantitative estimate of drug-likeness (QED) is 0.794. The van der Waals surface area contributed by atoms with Crippen LogP contribution in [0.1, 0.15) is 25.0 Å². The molecule has 70 valence electrons. The van der Waals surface area contributed by atoms with E-state index in [9.17, 15) is 4.79 Å². The third-order valence-electron chi connectivity index (χ3n) is 2.01. The van der Waals surface area contributed by atoms with Gasteiger partial charge in [0.15, 0.2) is 0 Å².